The van der Waals surface area contributed by atoms with E-state index in [1.807, 2.05) is 25.1 Å². The molecular formula is C20H27IN4O3S. The van der Waals surface area contributed by atoms with Crippen LogP contribution in [0.3, 0.4) is 0 Å². The molecule has 7 nitrogen and oxygen atoms in total. The molecule has 0 amide bonds. The lowest BCUT2D eigenvalue weighted by Gasteiger charge is -2.13. The lowest BCUT2D eigenvalue weighted by Crippen LogP contribution is -2.39. The van der Waals surface area contributed by atoms with E-state index in [1.165, 1.54) is 17.7 Å². The number of rotatable bonds is 7. The zero-order valence-corrected chi connectivity index (χ0v) is 19.4. The van der Waals surface area contributed by atoms with Gasteiger partial charge < -0.3 is 15.4 Å². The monoisotopic (exact) mass is 530 g/mol. The van der Waals surface area contributed by atoms with Crippen LogP contribution in [0, 0.1) is 0 Å². The number of hydrogen-bond acceptors (Lipinski definition) is 4. The standard InChI is InChI=1S/C20H26N4O3S.HI/c1-2-22-20(24-14-17-13-16-5-3-4-6-19(16)27-17)23-12-11-15-7-9-18(10-8-15)28(21,25)26;/h3-10,17H,2,11-14H2,1H3,(H2,21,25,26)(H2,22,23,24);1H. The molecule has 4 N–H and O–H groups in total. The average Bonchev–Trinajstić information content (AvgIpc) is 3.09. The Bertz CT molecular complexity index is 908. The number of benzene rings is 2. The molecule has 9 heteroatoms. The third-order valence-electron chi connectivity index (χ3n) is 4.47. The summed E-state index contributed by atoms with van der Waals surface area (Å²) >= 11 is 0. The number of nitrogens with two attached hydrogens (primary N) is 1. The second kappa shape index (κ2) is 10.8. The first kappa shape index (κ1) is 23.4. The maximum absolute atomic E-state index is 11.3. The van der Waals surface area contributed by atoms with Crippen molar-refractivity contribution in [1.82, 2.24) is 10.6 Å². The highest BCUT2D eigenvalue weighted by molar-refractivity contribution is 14.0. The summed E-state index contributed by atoms with van der Waals surface area (Å²) in [5.41, 5.74) is 2.24. The summed E-state index contributed by atoms with van der Waals surface area (Å²) < 4.78 is 28.5. The fourth-order valence-corrected chi connectivity index (χ4v) is 3.58. The molecular weight excluding hydrogens is 503 g/mol. The summed E-state index contributed by atoms with van der Waals surface area (Å²) in [5.74, 6) is 1.69. The molecule has 0 saturated carbocycles. The number of aliphatic imine (C=N–C) groups is 1. The van der Waals surface area contributed by atoms with Gasteiger partial charge in [0, 0.05) is 19.5 Å². The molecule has 1 heterocycles. The van der Waals surface area contributed by atoms with Gasteiger partial charge >= 0.3 is 0 Å². The first-order valence-corrected chi connectivity index (χ1v) is 10.9. The number of nitrogens with zero attached hydrogens (tertiary/aromatic N) is 1. The van der Waals surface area contributed by atoms with Gasteiger partial charge in [0.1, 0.15) is 11.9 Å². The van der Waals surface area contributed by atoms with E-state index in [9.17, 15) is 8.42 Å². The molecule has 0 aromatic heterocycles. The Hall–Kier alpha value is -1.85. The maximum atomic E-state index is 11.3. The van der Waals surface area contributed by atoms with Gasteiger partial charge in [0.05, 0.1) is 11.4 Å². The summed E-state index contributed by atoms with van der Waals surface area (Å²) in [6.45, 7) is 4.03. The molecule has 158 valence electrons. The molecule has 29 heavy (non-hydrogen) atoms. The van der Waals surface area contributed by atoms with Gasteiger partial charge in [-0.15, -0.1) is 24.0 Å². The molecule has 3 rings (SSSR count). The van der Waals surface area contributed by atoms with E-state index in [1.54, 1.807) is 12.1 Å². The first-order chi connectivity index (χ1) is 13.5. The number of para-hydroxylation sites is 1. The van der Waals surface area contributed by atoms with Gasteiger partial charge in [-0.3, -0.25) is 0 Å². The van der Waals surface area contributed by atoms with E-state index in [0.29, 0.717) is 13.1 Å². The van der Waals surface area contributed by atoms with Crippen LogP contribution in [0.2, 0.25) is 0 Å². The minimum absolute atomic E-state index is 0. The largest absolute Gasteiger partial charge is 0.488 e. The van der Waals surface area contributed by atoms with Crippen LogP contribution in [0.5, 0.6) is 5.75 Å². The molecule has 0 saturated heterocycles. The van der Waals surface area contributed by atoms with Gasteiger partial charge in [0.15, 0.2) is 5.96 Å². The van der Waals surface area contributed by atoms with E-state index >= 15 is 0 Å². The van der Waals surface area contributed by atoms with Crippen LogP contribution in [0.4, 0.5) is 0 Å². The SMILES string of the molecule is CCNC(=NCC1Cc2ccccc2O1)NCCc1ccc(S(N)(=O)=O)cc1.I. The minimum atomic E-state index is -3.65. The third kappa shape index (κ3) is 6.86. The van der Waals surface area contributed by atoms with Crippen molar-refractivity contribution in [2.45, 2.75) is 30.8 Å². The summed E-state index contributed by atoms with van der Waals surface area (Å²) in [6.07, 6.45) is 1.66. The summed E-state index contributed by atoms with van der Waals surface area (Å²) in [4.78, 5) is 4.75. The summed E-state index contributed by atoms with van der Waals surface area (Å²) in [7, 11) is -3.65. The molecule has 1 unspecified atom stereocenters. The van der Waals surface area contributed by atoms with Gasteiger partial charge in [0.2, 0.25) is 10.0 Å². The summed E-state index contributed by atoms with van der Waals surface area (Å²) in [5, 5.41) is 11.6. The fraction of sp³-hybridized carbons (Fsp3) is 0.350. The predicted octanol–water partition coefficient (Wildman–Crippen LogP) is 2.05. The molecule has 0 bridgehead atoms. The van der Waals surface area contributed by atoms with Crippen molar-refractivity contribution in [3.63, 3.8) is 0 Å². The van der Waals surface area contributed by atoms with Gasteiger partial charge in [0.25, 0.3) is 0 Å². The highest BCUT2D eigenvalue weighted by Crippen LogP contribution is 2.28. The van der Waals surface area contributed by atoms with Crippen molar-refractivity contribution >= 4 is 40.0 Å². The number of guanidine groups is 1. The number of ether oxygens (including phenoxy) is 1. The highest BCUT2D eigenvalue weighted by atomic mass is 127. The number of primary sulfonamides is 1. The van der Waals surface area contributed by atoms with E-state index in [4.69, 9.17) is 9.88 Å². The van der Waals surface area contributed by atoms with E-state index in [0.717, 1.165) is 36.7 Å². The molecule has 0 radical (unpaired) electrons. The Labute approximate surface area is 189 Å². The van der Waals surface area contributed by atoms with Crippen molar-refractivity contribution in [2.75, 3.05) is 19.6 Å². The molecule has 1 aliphatic rings. The number of halogens is 1. The fourth-order valence-electron chi connectivity index (χ4n) is 3.06. The van der Waals surface area contributed by atoms with Crippen LogP contribution >= 0.6 is 24.0 Å². The molecule has 1 atom stereocenters. The van der Waals surface area contributed by atoms with Gasteiger partial charge in [-0.25, -0.2) is 18.5 Å². The van der Waals surface area contributed by atoms with Gasteiger partial charge in [-0.1, -0.05) is 30.3 Å². The number of nitrogens with one attached hydrogen (secondary N) is 2. The molecule has 0 fully saturated rings. The smallest absolute Gasteiger partial charge is 0.238 e. The van der Waals surface area contributed by atoms with Crippen LogP contribution in [-0.2, 0) is 22.9 Å². The first-order valence-electron chi connectivity index (χ1n) is 9.34. The third-order valence-corrected chi connectivity index (χ3v) is 5.40. The molecule has 2 aromatic carbocycles. The van der Waals surface area contributed by atoms with Crippen molar-refractivity contribution in [1.29, 1.82) is 0 Å². The van der Waals surface area contributed by atoms with Crippen molar-refractivity contribution in [3.05, 3.63) is 59.7 Å². The lowest BCUT2D eigenvalue weighted by atomic mass is 10.1. The summed E-state index contributed by atoms with van der Waals surface area (Å²) in [6, 6.07) is 14.7. The Morgan fingerprint density at radius 1 is 1.17 bits per heavy atom. The molecule has 2 aromatic rings. The highest BCUT2D eigenvalue weighted by Gasteiger charge is 2.21. The van der Waals surface area contributed by atoms with Crippen molar-refractivity contribution in [3.8, 4) is 5.75 Å². The predicted molar refractivity (Wildman–Crippen MR) is 125 cm³/mol. The zero-order valence-electron chi connectivity index (χ0n) is 16.3. The zero-order chi connectivity index (χ0) is 20.0. The van der Waals surface area contributed by atoms with Crippen molar-refractivity contribution in [2.24, 2.45) is 10.1 Å². The van der Waals surface area contributed by atoms with E-state index in [2.05, 4.69) is 21.7 Å². The maximum Gasteiger partial charge on any atom is 0.238 e. The average molecular weight is 530 g/mol. The van der Waals surface area contributed by atoms with Crippen LogP contribution in [0.25, 0.3) is 0 Å². The topological polar surface area (TPSA) is 106 Å². The number of fused-ring (bicyclic) bond motifs is 1. The number of sulfonamides is 1. The number of hydrogen-bond donors (Lipinski definition) is 3. The molecule has 0 spiro atoms. The Balaban J connectivity index is 0.00000300. The molecule has 1 aliphatic heterocycles. The Morgan fingerprint density at radius 3 is 2.55 bits per heavy atom. The van der Waals surface area contributed by atoms with Gasteiger partial charge in [-0.05, 0) is 42.7 Å². The van der Waals surface area contributed by atoms with Crippen LogP contribution < -0.4 is 20.5 Å². The van der Waals surface area contributed by atoms with E-state index in [-0.39, 0.29) is 35.0 Å². The second-order valence-electron chi connectivity index (χ2n) is 6.64. The van der Waals surface area contributed by atoms with Crippen LogP contribution in [0.15, 0.2) is 58.4 Å². The second-order valence-corrected chi connectivity index (χ2v) is 8.20. The van der Waals surface area contributed by atoms with E-state index < -0.39 is 10.0 Å². The lowest BCUT2D eigenvalue weighted by molar-refractivity contribution is 0.241. The van der Waals surface area contributed by atoms with Crippen LogP contribution in [-0.4, -0.2) is 40.1 Å². The molecule has 0 aliphatic carbocycles. The quantitative estimate of drug-likeness (QED) is 0.289. The van der Waals surface area contributed by atoms with Crippen molar-refractivity contribution < 1.29 is 13.2 Å². The van der Waals surface area contributed by atoms with Gasteiger partial charge in [-0.2, -0.15) is 0 Å². The van der Waals surface area contributed by atoms with Crippen LogP contribution in [0.1, 0.15) is 18.1 Å². The Morgan fingerprint density at radius 2 is 1.90 bits per heavy atom. The normalized spacial score (nSPS) is 15.8. The minimum Gasteiger partial charge on any atom is -0.488 e. The Kier molecular flexibility index (Phi) is 8.72.